The fraction of sp³-hybridized carbons (Fsp3) is 0.273. The van der Waals surface area contributed by atoms with Gasteiger partial charge in [0.2, 0.25) is 9.84 Å². The third-order valence-electron chi connectivity index (χ3n) is 2.68. The number of esters is 1. The lowest BCUT2D eigenvalue weighted by Gasteiger charge is -2.24. The van der Waals surface area contributed by atoms with Crippen molar-refractivity contribution in [2.24, 2.45) is 0 Å². The summed E-state index contributed by atoms with van der Waals surface area (Å²) >= 11 is 0. The minimum Gasteiger partial charge on any atom is -0.465 e. The summed E-state index contributed by atoms with van der Waals surface area (Å²) in [5, 5.41) is 1.80. The molecule has 1 heterocycles. The molecule has 0 radical (unpaired) electrons. The molecule has 7 heteroatoms. The predicted octanol–water partition coefficient (Wildman–Crippen LogP) is 0.587. The van der Waals surface area contributed by atoms with Crippen molar-refractivity contribution in [1.29, 1.82) is 0 Å². The number of rotatable bonds is 1. The van der Waals surface area contributed by atoms with Crippen LogP contribution in [-0.4, -0.2) is 32.7 Å². The molecular weight excluding hydrogens is 258 g/mol. The highest BCUT2D eigenvalue weighted by Crippen LogP contribution is 2.32. The molecule has 6 nitrogen and oxygen atoms in total. The molecule has 1 N–H and O–H groups in total. The van der Waals surface area contributed by atoms with Gasteiger partial charge in [0.05, 0.1) is 24.4 Å². The summed E-state index contributed by atoms with van der Waals surface area (Å²) < 4.78 is 28.6. The lowest BCUT2D eigenvalue weighted by molar-refractivity contribution is -0.112. The normalized spacial score (nSPS) is 20.8. The van der Waals surface area contributed by atoms with Gasteiger partial charge in [-0.2, -0.15) is 0 Å². The Morgan fingerprint density at radius 2 is 2.06 bits per heavy atom. The average molecular weight is 269 g/mol. The molecule has 1 aliphatic heterocycles. The van der Waals surface area contributed by atoms with Crippen LogP contribution >= 0.6 is 0 Å². The lowest BCUT2D eigenvalue weighted by Crippen LogP contribution is -2.38. The number of anilines is 1. The zero-order valence-corrected chi connectivity index (χ0v) is 10.6. The van der Waals surface area contributed by atoms with E-state index in [2.05, 4.69) is 10.1 Å². The van der Waals surface area contributed by atoms with Crippen LogP contribution in [0.1, 0.15) is 17.3 Å². The quantitative estimate of drug-likeness (QED) is 0.750. The van der Waals surface area contributed by atoms with Crippen LogP contribution in [0, 0.1) is 0 Å². The van der Waals surface area contributed by atoms with E-state index < -0.39 is 27.0 Å². The maximum absolute atomic E-state index is 12.1. The number of nitrogens with one attached hydrogen (secondary N) is 1. The Morgan fingerprint density at radius 1 is 1.39 bits per heavy atom. The number of fused-ring (bicyclic) bond motifs is 1. The van der Waals surface area contributed by atoms with E-state index in [1.165, 1.54) is 25.1 Å². The van der Waals surface area contributed by atoms with Gasteiger partial charge in [-0.3, -0.25) is 4.79 Å². The Balaban J connectivity index is 2.77. The SMILES string of the molecule is COC(=O)c1cccc2c1S(=O)(=O)C(=O)C(C)N2. The average Bonchev–Trinajstić information content (AvgIpc) is 2.34. The first-order chi connectivity index (χ1) is 8.39. The van der Waals surface area contributed by atoms with Crippen molar-refractivity contribution < 1.29 is 22.7 Å². The van der Waals surface area contributed by atoms with E-state index in [1.807, 2.05) is 0 Å². The zero-order chi connectivity index (χ0) is 13.5. The summed E-state index contributed by atoms with van der Waals surface area (Å²) in [6.07, 6.45) is 0. The molecule has 1 aromatic rings. The second-order valence-corrected chi connectivity index (χ2v) is 5.68. The topological polar surface area (TPSA) is 89.5 Å². The van der Waals surface area contributed by atoms with Crippen molar-refractivity contribution in [3.8, 4) is 0 Å². The monoisotopic (exact) mass is 269 g/mol. The van der Waals surface area contributed by atoms with Gasteiger partial charge in [-0.25, -0.2) is 13.2 Å². The maximum Gasteiger partial charge on any atom is 0.339 e. The van der Waals surface area contributed by atoms with Gasteiger partial charge in [-0.05, 0) is 19.1 Å². The van der Waals surface area contributed by atoms with E-state index in [4.69, 9.17) is 0 Å². The minimum absolute atomic E-state index is 0.136. The molecule has 0 fully saturated rings. The van der Waals surface area contributed by atoms with Gasteiger partial charge >= 0.3 is 5.97 Å². The van der Waals surface area contributed by atoms with Gasteiger partial charge in [0.25, 0.3) is 5.12 Å². The summed E-state index contributed by atoms with van der Waals surface area (Å²) in [5.74, 6) is -0.792. The Hall–Kier alpha value is -1.89. The molecular formula is C11H11NO5S. The van der Waals surface area contributed by atoms with Gasteiger partial charge in [-0.15, -0.1) is 0 Å². The van der Waals surface area contributed by atoms with E-state index in [0.29, 0.717) is 0 Å². The third kappa shape index (κ3) is 1.67. The van der Waals surface area contributed by atoms with Gasteiger partial charge in [0, 0.05) is 0 Å². The second kappa shape index (κ2) is 4.09. The fourth-order valence-corrected chi connectivity index (χ4v) is 3.42. The lowest BCUT2D eigenvalue weighted by atomic mass is 10.2. The summed E-state index contributed by atoms with van der Waals surface area (Å²) in [4.78, 5) is 22.9. The van der Waals surface area contributed by atoms with Crippen molar-refractivity contribution in [1.82, 2.24) is 0 Å². The number of hydrogen-bond donors (Lipinski definition) is 1. The maximum atomic E-state index is 12.1. The first-order valence-electron chi connectivity index (χ1n) is 5.16. The number of sulfone groups is 1. The number of methoxy groups -OCH3 is 1. The Kier molecular flexibility index (Phi) is 2.86. The summed E-state index contributed by atoms with van der Waals surface area (Å²) in [5.41, 5.74) is 0.104. The Morgan fingerprint density at radius 3 is 2.67 bits per heavy atom. The van der Waals surface area contributed by atoms with Crippen LogP contribution in [0.3, 0.4) is 0 Å². The van der Waals surface area contributed by atoms with Gasteiger partial charge in [0.1, 0.15) is 4.90 Å². The summed E-state index contributed by atoms with van der Waals surface area (Å²) in [7, 11) is -3.01. The molecule has 2 rings (SSSR count). The van der Waals surface area contributed by atoms with E-state index in [9.17, 15) is 18.0 Å². The molecule has 0 bridgehead atoms. The molecule has 96 valence electrons. The highest BCUT2D eigenvalue weighted by atomic mass is 32.2. The fourth-order valence-electron chi connectivity index (χ4n) is 1.84. The summed E-state index contributed by atoms with van der Waals surface area (Å²) in [6, 6.07) is 3.50. The standard InChI is InChI=1S/C11H11NO5S/c1-6-11(14)18(15,16)9-7(10(13)17-2)4-3-5-8(9)12-6/h3-6,12H,1-2H3. The molecule has 1 atom stereocenters. The molecule has 0 saturated heterocycles. The van der Waals surface area contributed by atoms with Crippen LogP contribution in [0.5, 0.6) is 0 Å². The highest BCUT2D eigenvalue weighted by Gasteiger charge is 2.40. The van der Waals surface area contributed by atoms with Crippen molar-refractivity contribution in [2.75, 3.05) is 12.4 Å². The number of ether oxygens (including phenoxy) is 1. The Bertz CT molecular complexity index is 635. The van der Waals surface area contributed by atoms with Crippen LogP contribution in [0.2, 0.25) is 0 Å². The predicted molar refractivity (Wildman–Crippen MR) is 63.1 cm³/mol. The number of hydrogen-bond acceptors (Lipinski definition) is 6. The van der Waals surface area contributed by atoms with Crippen molar-refractivity contribution in [2.45, 2.75) is 17.9 Å². The number of carbonyl (C=O) groups is 2. The van der Waals surface area contributed by atoms with Crippen LogP contribution < -0.4 is 5.32 Å². The van der Waals surface area contributed by atoms with E-state index >= 15 is 0 Å². The molecule has 1 unspecified atom stereocenters. The van der Waals surface area contributed by atoms with Crippen molar-refractivity contribution in [3.63, 3.8) is 0 Å². The molecule has 0 spiro atoms. The third-order valence-corrected chi connectivity index (χ3v) is 4.54. The number of benzene rings is 1. The van der Waals surface area contributed by atoms with Crippen molar-refractivity contribution in [3.05, 3.63) is 23.8 Å². The Labute approximate surface area is 104 Å². The van der Waals surface area contributed by atoms with Crippen LogP contribution in [0.25, 0.3) is 0 Å². The molecule has 0 amide bonds. The van der Waals surface area contributed by atoms with Gasteiger partial charge in [-0.1, -0.05) is 6.07 Å². The number of carbonyl (C=O) groups excluding carboxylic acids is 2. The molecule has 0 aromatic heterocycles. The minimum atomic E-state index is -4.16. The molecule has 18 heavy (non-hydrogen) atoms. The smallest absolute Gasteiger partial charge is 0.339 e. The van der Waals surface area contributed by atoms with Crippen LogP contribution in [-0.2, 0) is 19.4 Å². The van der Waals surface area contributed by atoms with E-state index in [1.54, 1.807) is 0 Å². The first kappa shape index (κ1) is 12.6. The van der Waals surface area contributed by atoms with Crippen LogP contribution in [0.15, 0.2) is 23.1 Å². The molecule has 0 saturated carbocycles. The van der Waals surface area contributed by atoms with Crippen molar-refractivity contribution >= 4 is 26.6 Å². The largest absolute Gasteiger partial charge is 0.465 e. The zero-order valence-electron chi connectivity index (χ0n) is 9.76. The summed E-state index contributed by atoms with van der Waals surface area (Å²) in [6.45, 7) is 1.45. The van der Waals surface area contributed by atoms with E-state index in [-0.39, 0.29) is 16.1 Å². The molecule has 0 aliphatic carbocycles. The van der Waals surface area contributed by atoms with Gasteiger partial charge < -0.3 is 10.1 Å². The van der Waals surface area contributed by atoms with Crippen LogP contribution in [0.4, 0.5) is 5.69 Å². The van der Waals surface area contributed by atoms with E-state index in [0.717, 1.165) is 7.11 Å². The second-order valence-electron chi connectivity index (χ2n) is 3.86. The van der Waals surface area contributed by atoms with Gasteiger partial charge in [0.15, 0.2) is 0 Å². The molecule has 1 aliphatic rings. The highest BCUT2D eigenvalue weighted by molar-refractivity contribution is 8.06. The molecule has 1 aromatic carbocycles. The first-order valence-corrected chi connectivity index (χ1v) is 6.64.